The lowest BCUT2D eigenvalue weighted by atomic mass is 10.0. The fourth-order valence-electron chi connectivity index (χ4n) is 3.76. The summed E-state index contributed by atoms with van der Waals surface area (Å²) in [5, 5.41) is 7.06. The molecule has 0 amide bonds. The molecule has 0 spiro atoms. The highest BCUT2D eigenvalue weighted by Gasteiger charge is 2.21. The second kappa shape index (κ2) is 9.53. The molecule has 0 radical (unpaired) electrons. The van der Waals surface area contributed by atoms with Crippen molar-refractivity contribution in [2.45, 2.75) is 52.9 Å². The van der Waals surface area contributed by atoms with Crippen molar-refractivity contribution < 1.29 is 0 Å². The van der Waals surface area contributed by atoms with Gasteiger partial charge in [-0.25, -0.2) is 0 Å². The summed E-state index contributed by atoms with van der Waals surface area (Å²) in [5.74, 6) is 3.89. The van der Waals surface area contributed by atoms with Gasteiger partial charge in [0.1, 0.15) is 11.6 Å². The van der Waals surface area contributed by atoms with Gasteiger partial charge in [0.25, 0.3) is 0 Å². The first-order valence-electron chi connectivity index (χ1n) is 10.4. The van der Waals surface area contributed by atoms with Crippen LogP contribution in [0.15, 0.2) is 6.07 Å². The highest BCUT2D eigenvalue weighted by atomic mass is 32.1. The van der Waals surface area contributed by atoms with Crippen LogP contribution in [0.4, 0.5) is 17.6 Å². The molecule has 0 unspecified atom stereocenters. The molecule has 0 aromatic carbocycles. The van der Waals surface area contributed by atoms with E-state index >= 15 is 0 Å². The molecule has 3 heterocycles. The minimum atomic E-state index is 0.538. The first-order chi connectivity index (χ1) is 13.0. The highest BCUT2D eigenvalue weighted by Crippen LogP contribution is 2.27. The highest BCUT2D eigenvalue weighted by molar-refractivity contribution is 7.80. The van der Waals surface area contributed by atoms with Gasteiger partial charge in [-0.1, -0.05) is 20.8 Å². The van der Waals surface area contributed by atoms with Crippen LogP contribution in [0, 0.1) is 11.8 Å². The molecule has 2 aliphatic rings. The molecule has 1 aromatic heterocycles. The summed E-state index contributed by atoms with van der Waals surface area (Å²) in [6.45, 7) is 11.8. The molecular formula is C20H34N6S. The Hall–Kier alpha value is -1.63. The van der Waals surface area contributed by atoms with Crippen LogP contribution in [0.5, 0.6) is 0 Å². The maximum absolute atomic E-state index is 5.44. The Balaban J connectivity index is 1.80. The quantitative estimate of drug-likeness (QED) is 0.744. The first kappa shape index (κ1) is 20.1. The van der Waals surface area contributed by atoms with Gasteiger partial charge in [-0.2, -0.15) is 9.97 Å². The van der Waals surface area contributed by atoms with Crippen molar-refractivity contribution in [3.63, 3.8) is 0 Å². The van der Waals surface area contributed by atoms with Gasteiger partial charge in [0.2, 0.25) is 5.95 Å². The Morgan fingerprint density at radius 1 is 1.11 bits per heavy atom. The number of nitrogens with zero attached hydrogens (tertiary/aromatic N) is 4. The van der Waals surface area contributed by atoms with Crippen molar-refractivity contribution in [3.05, 3.63) is 6.07 Å². The number of nitrogens with one attached hydrogen (secondary N) is 2. The number of piperidine rings is 2. The van der Waals surface area contributed by atoms with Gasteiger partial charge < -0.3 is 20.4 Å². The molecule has 0 bridgehead atoms. The van der Waals surface area contributed by atoms with Gasteiger partial charge in [0.05, 0.1) is 0 Å². The molecule has 6 nitrogen and oxygen atoms in total. The van der Waals surface area contributed by atoms with Crippen molar-refractivity contribution in [1.29, 1.82) is 0 Å². The topological polar surface area (TPSA) is 56.3 Å². The lowest BCUT2D eigenvalue weighted by Crippen LogP contribution is -2.36. The van der Waals surface area contributed by atoms with Gasteiger partial charge in [0.15, 0.2) is 5.11 Å². The van der Waals surface area contributed by atoms with Gasteiger partial charge in [-0.3, -0.25) is 0 Å². The molecular weight excluding hydrogens is 356 g/mol. The van der Waals surface area contributed by atoms with Crippen LogP contribution in [0.2, 0.25) is 0 Å². The number of aromatic nitrogens is 2. The van der Waals surface area contributed by atoms with E-state index in [2.05, 4.69) is 47.3 Å². The molecule has 27 heavy (non-hydrogen) atoms. The number of hydrogen-bond donors (Lipinski definition) is 2. The molecule has 2 aliphatic heterocycles. The smallest absolute Gasteiger partial charge is 0.232 e. The van der Waals surface area contributed by atoms with Crippen LogP contribution < -0.4 is 20.4 Å². The van der Waals surface area contributed by atoms with E-state index in [1.165, 1.54) is 32.1 Å². The van der Waals surface area contributed by atoms with Gasteiger partial charge >= 0.3 is 0 Å². The Kier molecular flexibility index (Phi) is 7.10. The summed E-state index contributed by atoms with van der Waals surface area (Å²) in [5.41, 5.74) is 0. The Morgan fingerprint density at radius 3 is 2.44 bits per heavy atom. The van der Waals surface area contributed by atoms with Crippen LogP contribution in [0.1, 0.15) is 52.9 Å². The molecule has 7 heteroatoms. The summed E-state index contributed by atoms with van der Waals surface area (Å²) < 4.78 is 0. The van der Waals surface area contributed by atoms with Gasteiger partial charge in [-0.15, -0.1) is 0 Å². The Labute approximate surface area is 169 Å². The largest absolute Gasteiger partial charge is 0.362 e. The third kappa shape index (κ3) is 5.92. The summed E-state index contributed by atoms with van der Waals surface area (Å²) in [6.07, 6.45) is 6.30. The number of thiocarbonyl (C=S) groups is 1. The van der Waals surface area contributed by atoms with Crippen LogP contribution in [-0.2, 0) is 0 Å². The summed E-state index contributed by atoms with van der Waals surface area (Å²) in [7, 11) is 0. The second-order valence-electron chi connectivity index (χ2n) is 8.38. The van der Waals surface area contributed by atoms with E-state index in [9.17, 15) is 0 Å². The third-order valence-electron chi connectivity index (χ3n) is 5.26. The summed E-state index contributed by atoms with van der Waals surface area (Å²) >= 11 is 5.44. The van der Waals surface area contributed by atoms with Crippen molar-refractivity contribution >= 4 is 34.9 Å². The van der Waals surface area contributed by atoms with E-state index < -0.39 is 0 Å². The molecule has 150 valence electrons. The maximum Gasteiger partial charge on any atom is 0.232 e. The molecule has 2 fully saturated rings. The van der Waals surface area contributed by atoms with Gasteiger partial charge in [-0.05, 0) is 56.2 Å². The molecule has 0 saturated carbocycles. The fraction of sp³-hybridized carbons (Fsp3) is 0.750. The number of rotatable bonds is 5. The normalized spacial score (nSPS) is 20.7. The average molecular weight is 391 g/mol. The molecule has 3 rings (SSSR count). The zero-order valence-corrected chi connectivity index (χ0v) is 17.8. The lowest BCUT2D eigenvalue weighted by molar-refractivity contribution is 0.444. The SMILES string of the molecule is CC(C)CNC(=S)Nc1nc(N2CCCCC2)cc(N2CCC[C@@H](C)C2)n1. The van der Waals surface area contributed by atoms with E-state index in [1.54, 1.807) is 0 Å². The van der Waals surface area contributed by atoms with Crippen molar-refractivity contribution in [1.82, 2.24) is 15.3 Å². The number of hydrogen-bond acceptors (Lipinski definition) is 5. The monoisotopic (exact) mass is 390 g/mol. The summed E-state index contributed by atoms with van der Waals surface area (Å²) in [6, 6.07) is 2.17. The molecule has 2 N–H and O–H groups in total. The molecule has 2 saturated heterocycles. The molecule has 1 aromatic rings. The van der Waals surface area contributed by atoms with Gasteiger partial charge in [0, 0.05) is 38.8 Å². The van der Waals surface area contributed by atoms with Crippen LogP contribution in [0.25, 0.3) is 0 Å². The maximum atomic E-state index is 5.44. The number of anilines is 3. The Bertz CT molecular complexity index is 629. The van der Waals surface area contributed by atoms with Crippen LogP contribution >= 0.6 is 12.2 Å². The van der Waals surface area contributed by atoms with Crippen molar-refractivity contribution in [3.8, 4) is 0 Å². The van der Waals surface area contributed by atoms with E-state index in [1.807, 2.05) is 0 Å². The first-order valence-corrected chi connectivity index (χ1v) is 10.9. The lowest BCUT2D eigenvalue weighted by Gasteiger charge is -2.33. The van der Waals surface area contributed by atoms with Crippen molar-refractivity contribution in [2.24, 2.45) is 11.8 Å². The van der Waals surface area contributed by atoms with E-state index in [4.69, 9.17) is 22.2 Å². The fourth-order valence-corrected chi connectivity index (χ4v) is 3.94. The predicted octanol–water partition coefficient (Wildman–Crippen LogP) is 3.65. The van der Waals surface area contributed by atoms with Crippen LogP contribution in [0.3, 0.4) is 0 Å². The predicted molar refractivity (Wildman–Crippen MR) is 118 cm³/mol. The molecule has 0 aliphatic carbocycles. The zero-order valence-electron chi connectivity index (χ0n) is 17.0. The minimum absolute atomic E-state index is 0.538. The molecule has 1 atom stereocenters. The van der Waals surface area contributed by atoms with Crippen molar-refractivity contribution in [2.75, 3.05) is 47.8 Å². The second-order valence-corrected chi connectivity index (χ2v) is 8.79. The zero-order chi connectivity index (χ0) is 19.2. The van der Waals surface area contributed by atoms with E-state index in [0.29, 0.717) is 22.9 Å². The van der Waals surface area contributed by atoms with Crippen LogP contribution in [-0.4, -0.2) is 47.8 Å². The van der Waals surface area contributed by atoms with E-state index in [-0.39, 0.29) is 0 Å². The minimum Gasteiger partial charge on any atom is -0.362 e. The van der Waals surface area contributed by atoms with E-state index in [0.717, 1.165) is 44.4 Å². The standard InChI is InChI=1S/C20H34N6S/c1-15(2)13-21-20(27)24-19-22-17(25-9-5-4-6-10-25)12-18(23-19)26-11-7-8-16(3)14-26/h12,15-16H,4-11,13-14H2,1-3H3,(H2,21,22,23,24,27)/t16-/m1/s1. The third-order valence-corrected chi connectivity index (χ3v) is 5.50. The Morgan fingerprint density at radius 2 is 1.78 bits per heavy atom. The summed E-state index contributed by atoms with van der Waals surface area (Å²) in [4.78, 5) is 14.4. The average Bonchev–Trinajstić information content (AvgIpc) is 2.67.